The molecule has 180 valence electrons. The molecule has 0 aliphatic rings. The molecular formula is C28H28N2O5. The minimum atomic E-state index is -1.26. The molecule has 2 atom stereocenters. The van der Waals surface area contributed by atoms with Crippen LogP contribution in [0.25, 0.3) is 0 Å². The predicted molar refractivity (Wildman–Crippen MR) is 133 cm³/mol. The van der Waals surface area contributed by atoms with Gasteiger partial charge >= 0.3 is 5.97 Å². The van der Waals surface area contributed by atoms with Gasteiger partial charge in [0.1, 0.15) is 6.04 Å². The summed E-state index contributed by atoms with van der Waals surface area (Å²) in [5.41, 5.74) is 1.73. The smallest absolute Gasteiger partial charge is 0.330 e. The van der Waals surface area contributed by atoms with Gasteiger partial charge < -0.3 is 15.4 Å². The first-order valence-electron chi connectivity index (χ1n) is 11.3. The summed E-state index contributed by atoms with van der Waals surface area (Å²) in [6.45, 7) is 5.00. The van der Waals surface area contributed by atoms with Gasteiger partial charge in [0.15, 0.2) is 5.78 Å². The standard InChI is InChI=1S/C28H28N2O5/c1-18(2)24(30-26(32)21-13-8-5-9-14-21)28(34)35-25(20-11-6-4-7-12-20)27(33)29-23-16-10-15-22(17-23)19(3)31/h4-18,24-25H,1-3H3,(H,29,33)(H,30,32)/t24-,25-/m0/s1. The predicted octanol–water partition coefficient (Wildman–Crippen LogP) is 4.57. The van der Waals surface area contributed by atoms with E-state index < -0.39 is 29.9 Å². The first-order valence-corrected chi connectivity index (χ1v) is 11.3. The third-order valence-corrected chi connectivity index (χ3v) is 5.35. The van der Waals surface area contributed by atoms with Crippen molar-refractivity contribution < 1.29 is 23.9 Å². The molecule has 35 heavy (non-hydrogen) atoms. The van der Waals surface area contributed by atoms with Gasteiger partial charge in [0.2, 0.25) is 6.10 Å². The number of esters is 1. The van der Waals surface area contributed by atoms with E-state index in [0.717, 1.165) is 0 Å². The molecule has 3 aromatic rings. The molecular weight excluding hydrogens is 444 g/mol. The zero-order chi connectivity index (χ0) is 25.4. The van der Waals surface area contributed by atoms with Crippen LogP contribution in [0.3, 0.4) is 0 Å². The molecule has 0 saturated carbocycles. The molecule has 0 aliphatic carbocycles. The Morgan fingerprint density at radius 3 is 1.97 bits per heavy atom. The van der Waals surface area contributed by atoms with Crippen LogP contribution >= 0.6 is 0 Å². The van der Waals surface area contributed by atoms with Crippen LogP contribution < -0.4 is 10.6 Å². The second-order valence-corrected chi connectivity index (χ2v) is 8.42. The normalized spacial score (nSPS) is 12.3. The van der Waals surface area contributed by atoms with Crippen molar-refractivity contribution in [2.75, 3.05) is 5.32 Å². The second kappa shape index (κ2) is 11.7. The largest absolute Gasteiger partial charge is 0.446 e. The van der Waals surface area contributed by atoms with E-state index >= 15 is 0 Å². The highest BCUT2D eigenvalue weighted by molar-refractivity contribution is 6.00. The Balaban J connectivity index is 1.82. The van der Waals surface area contributed by atoms with E-state index in [0.29, 0.717) is 22.4 Å². The van der Waals surface area contributed by atoms with Crippen molar-refractivity contribution in [2.45, 2.75) is 32.9 Å². The lowest BCUT2D eigenvalue weighted by atomic mass is 10.0. The monoisotopic (exact) mass is 472 g/mol. The lowest BCUT2D eigenvalue weighted by Gasteiger charge is -2.24. The molecule has 3 aromatic carbocycles. The maximum Gasteiger partial charge on any atom is 0.330 e. The Morgan fingerprint density at radius 1 is 0.771 bits per heavy atom. The zero-order valence-electron chi connectivity index (χ0n) is 19.9. The summed E-state index contributed by atoms with van der Waals surface area (Å²) in [7, 11) is 0. The minimum Gasteiger partial charge on any atom is -0.446 e. The lowest BCUT2D eigenvalue weighted by molar-refractivity contribution is -0.157. The van der Waals surface area contributed by atoms with E-state index in [1.807, 2.05) is 0 Å². The average molecular weight is 473 g/mol. The number of rotatable bonds is 9. The molecule has 3 rings (SSSR count). The minimum absolute atomic E-state index is 0.138. The quantitative estimate of drug-likeness (QED) is 0.351. The van der Waals surface area contributed by atoms with Crippen molar-refractivity contribution in [3.8, 4) is 0 Å². The van der Waals surface area contributed by atoms with Crippen LogP contribution in [0.1, 0.15) is 53.2 Å². The molecule has 0 radical (unpaired) electrons. The zero-order valence-corrected chi connectivity index (χ0v) is 19.9. The average Bonchev–Trinajstić information content (AvgIpc) is 2.86. The first kappa shape index (κ1) is 25.4. The van der Waals surface area contributed by atoms with Gasteiger partial charge in [-0.3, -0.25) is 14.4 Å². The van der Waals surface area contributed by atoms with E-state index in [1.165, 1.54) is 6.92 Å². The van der Waals surface area contributed by atoms with Crippen LogP contribution in [0.5, 0.6) is 0 Å². The van der Waals surface area contributed by atoms with Gasteiger partial charge in [-0.2, -0.15) is 0 Å². The van der Waals surface area contributed by atoms with Gasteiger partial charge in [-0.05, 0) is 37.1 Å². The highest BCUT2D eigenvalue weighted by Crippen LogP contribution is 2.22. The number of carbonyl (C=O) groups excluding carboxylic acids is 4. The van der Waals surface area contributed by atoms with Gasteiger partial charge in [0.05, 0.1) is 0 Å². The molecule has 0 bridgehead atoms. The number of hydrogen-bond acceptors (Lipinski definition) is 5. The number of ether oxygens (including phenoxy) is 1. The van der Waals surface area contributed by atoms with Gasteiger partial charge in [0.25, 0.3) is 11.8 Å². The number of ketones is 1. The topological polar surface area (TPSA) is 102 Å². The maximum absolute atomic E-state index is 13.2. The van der Waals surface area contributed by atoms with Crippen LogP contribution in [-0.2, 0) is 14.3 Å². The Kier molecular flexibility index (Phi) is 8.51. The van der Waals surface area contributed by atoms with Gasteiger partial charge in [-0.1, -0.05) is 74.5 Å². The SMILES string of the molecule is CC(=O)c1cccc(NC(=O)[C@@H](OC(=O)[C@@H](NC(=O)c2ccccc2)C(C)C)c2ccccc2)c1. The summed E-state index contributed by atoms with van der Waals surface area (Å²) >= 11 is 0. The van der Waals surface area contributed by atoms with E-state index in [4.69, 9.17) is 4.74 Å². The van der Waals surface area contributed by atoms with Crippen LogP contribution in [0.2, 0.25) is 0 Å². The van der Waals surface area contributed by atoms with E-state index in [9.17, 15) is 19.2 Å². The van der Waals surface area contributed by atoms with E-state index in [-0.39, 0.29) is 11.7 Å². The number of hydrogen-bond donors (Lipinski definition) is 2. The molecule has 0 heterocycles. The fourth-order valence-electron chi connectivity index (χ4n) is 3.43. The van der Waals surface area contributed by atoms with Crippen LogP contribution in [0, 0.1) is 5.92 Å². The van der Waals surface area contributed by atoms with Crippen molar-refractivity contribution >= 4 is 29.3 Å². The summed E-state index contributed by atoms with van der Waals surface area (Å²) in [6.07, 6.45) is -1.26. The Labute approximate surface area is 204 Å². The van der Waals surface area contributed by atoms with Crippen LogP contribution in [-0.4, -0.2) is 29.6 Å². The molecule has 7 nitrogen and oxygen atoms in total. The lowest BCUT2D eigenvalue weighted by Crippen LogP contribution is -2.46. The number of benzene rings is 3. The van der Waals surface area contributed by atoms with Crippen molar-refractivity contribution in [1.29, 1.82) is 0 Å². The van der Waals surface area contributed by atoms with Gasteiger partial charge in [-0.25, -0.2) is 4.79 Å². The molecule has 2 amide bonds. The molecule has 0 saturated heterocycles. The van der Waals surface area contributed by atoms with Gasteiger partial charge in [0, 0.05) is 22.4 Å². The molecule has 0 unspecified atom stereocenters. The highest BCUT2D eigenvalue weighted by atomic mass is 16.5. The maximum atomic E-state index is 13.2. The summed E-state index contributed by atoms with van der Waals surface area (Å²) < 4.78 is 5.68. The summed E-state index contributed by atoms with van der Waals surface area (Å²) in [4.78, 5) is 50.7. The Morgan fingerprint density at radius 2 is 1.37 bits per heavy atom. The van der Waals surface area contributed by atoms with Crippen molar-refractivity contribution in [3.63, 3.8) is 0 Å². The fourth-order valence-corrected chi connectivity index (χ4v) is 3.43. The Hall–Kier alpha value is -4.26. The summed E-state index contributed by atoms with van der Waals surface area (Å²) in [5, 5.41) is 5.44. The molecule has 0 aromatic heterocycles. The number of amides is 2. The summed E-state index contributed by atoms with van der Waals surface area (Å²) in [6, 6.07) is 22.7. The summed E-state index contributed by atoms with van der Waals surface area (Å²) in [5.74, 6) is -2.15. The fraction of sp³-hybridized carbons (Fsp3) is 0.214. The first-order chi connectivity index (χ1) is 16.8. The molecule has 0 aliphatic heterocycles. The van der Waals surface area contributed by atoms with E-state index in [2.05, 4.69) is 10.6 Å². The molecule has 7 heteroatoms. The molecule has 2 N–H and O–H groups in total. The number of carbonyl (C=O) groups is 4. The third kappa shape index (κ3) is 6.86. The van der Waals surface area contributed by atoms with Crippen molar-refractivity contribution in [3.05, 3.63) is 102 Å². The van der Waals surface area contributed by atoms with Crippen LogP contribution in [0.4, 0.5) is 5.69 Å². The van der Waals surface area contributed by atoms with Crippen molar-refractivity contribution in [1.82, 2.24) is 5.32 Å². The Bertz CT molecular complexity index is 1190. The van der Waals surface area contributed by atoms with E-state index in [1.54, 1.807) is 98.8 Å². The van der Waals surface area contributed by atoms with Gasteiger partial charge in [-0.15, -0.1) is 0 Å². The third-order valence-electron chi connectivity index (χ3n) is 5.35. The molecule has 0 fully saturated rings. The second-order valence-electron chi connectivity index (χ2n) is 8.42. The number of anilines is 1. The molecule has 0 spiro atoms. The van der Waals surface area contributed by atoms with Crippen molar-refractivity contribution in [2.24, 2.45) is 5.92 Å². The number of Topliss-reactive ketones (excluding diaryl/α,β-unsaturated/α-hetero) is 1. The highest BCUT2D eigenvalue weighted by Gasteiger charge is 2.32. The van der Waals surface area contributed by atoms with Crippen LogP contribution in [0.15, 0.2) is 84.9 Å². The number of nitrogens with one attached hydrogen (secondary N) is 2.